The SMILES string of the molecule is CC(C)C[C@H](N)C(=O)NCCCCN1CCOCC1. The predicted octanol–water partition coefficient (Wildman–Crippen LogP) is 0.588. The van der Waals surface area contributed by atoms with Crippen LogP contribution in [-0.4, -0.2) is 56.2 Å². The van der Waals surface area contributed by atoms with Gasteiger partial charge in [0, 0.05) is 19.6 Å². The lowest BCUT2D eigenvalue weighted by atomic mass is 10.0. The van der Waals surface area contributed by atoms with Crippen molar-refractivity contribution in [1.29, 1.82) is 0 Å². The molecular weight excluding hydrogens is 242 g/mol. The lowest BCUT2D eigenvalue weighted by Gasteiger charge is -2.26. The summed E-state index contributed by atoms with van der Waals surface area (Å²) < 4.78 is 5.30. The first-order valence-corrected chi connectivity index (χ1v) is 7.43. The molecule has 0 aromatic rings. The molecular formula is C14H29N3O2. The first-order valence-electron chi connectivity index (χ1n) is 7.43. The standard InChI is InChI=1S/C14H29N3O2/c1-12(2)11-13(15)14(18)16-5-3-4-6-17-7-9-19-10-8-17/h12-13H,3-11,15H2,1-2H3,(H,16,18)/t13-/m0/s1. The molecule has 0 saturated carbocycles. The normalized spacial score (nSPS) is 18.5. The Morgan fingerprint density at radius 1 is 1.32 bits per heavy atom. The first-order chi connectivity index (χ1) is 9.09. The molecule has 5 nitrogen and oxygen atoms in total. The fraction of sp³-hybridized carbons (Fsp3) is 0.929. The summed E-state index contributed by atoms with van der Waals surface area (Å²) in [6.07, 6.45) is 2.87. The average Bonchev–Trinajstić information content (AvgIpc) is 2.38. The minimum Gasteiger partial charge on any atom is -0.379 e. The molecule has 0 bridgehead atoms. The number of nitrogens with one attached hydrogen (secondary N) is 1. The third-order valence-electron chi connectivity index (χ3n) is 3.37. The van der Waals surface area contributed by atoms with Crippen LogP contribution in [0.25, 0.3) is 0 Å². The maximum atomic E-state index is 11.7. The molecule has 0 spiro atoms. The van der Waals surface area contributed by atoms with Gasteiger partial charge in [0.15, 0.2) is 0 Å². The Morgan fingerprint density at radius 3 is 2.63 bits per heavy atom. The molecule has 0 aliphatic carbocycles. The summed E-state index contributed by atoms with van der Waals surface area (Å²) in [5.74, 6) is 0.446. The van der Waals surface area contributed by atoms with Crippen LogP contribution in [-0.2, 0) is 9.53 Å². The van der Waals surface area contributed by atoms with E-state index < -0.39 is 0 Å². The Balaban J connectivity index is 1.99. The molecule has 1 aliphatic rings. The van der Waals surface area contributed by atoms with Crippen LogP contribution in [0.1, 0.15) is 33.1 Å². The number of morpholine rings is 1. The number of rotatable bonds is 8. The highest BCUT2D eigenvalue weighted by molar-refractivity contribution is 5.81. The number of amides is 1. The quantitative estimate of drug-likeness (QED) is 0.634. The Bertz CT molecular complexity index is 253. The summed E-state index contributed by atoms with van der Waals surface area (Å²) in [6, 6.07) is -0.362. The number of nitrogens with zero attached hydrogens (tertiary/aromatic N) is 1. The van der Waals surface area contributed by atoms with Crippen molar-refractivity contribution in [2.45, 2.75) is 39.2 Å². The summed E-state index contributed by atoms with van der Waals surface area (Å²) in [7, 11) is 0. The molecule has 1 amide bonds. The molecule has 5 heteroatoms. The Morgan fingerprint density at radius 2 is 2.00 bits per heavy atom. The van der Waals surface area contributed by atoms with Gasteiger partial charge < -0.3 is 15.8 Å². The van der Waals surface area contributed by atoms with E-state index in [1.54, 1.807) is 0 Å². The van der Waals surface area contributed by atoms with Crippen molar-refractivity contribution in [1.82, 2.24) is 10.2 Å². The van der Waals surface area contributed by atoms with Gasteiger partial charge in [-0.1, -0.05) is 13.8 Å². The van der Waals surface area contributed by atoms with E-state index in [2.05, 4.69) is 24.1 Å². The summed E-state index contributed by atoms with van der Waals surface area (Å²) in [4.78, 5) is 14.1. The second kappa shape index (κ2) is 9.28. The molecule has 1 saturated heterocycles. The van der Waals surface area contributed by atoms with Gasteiger partial charge in [-0.25, -0.2) is 0 Å². The van der Waals surface area contributed by atoms with E-state index in [-0.39, 0.29) is 11.9 Å². The van der Waals surface area contributed by atoms with Gasteiger partial charge in [0.1, 0.15) is 0 Å². The molecule has 1 aliphatic heterocycles. The fourth-order valence-electron chi connectivity index (χ4n) is 2.24. The van der Waals surface area contributed by atoms with Crippen molar-refractivity contribution in [2.24, 2.45) is 11.7 Å². The van der Waals surface area contributed by atoms with E-state index in [9.17, 15) is 4.79 Å². The van der Waals surface area contributed by atoms with Crippen LogP contribution in [0.3, 0.4) is 0 Å². The van der Waals surface area contributed by atoms with E-state index in [0.717, 1.165) is 58.7 Å². The van der Waals surface area contributed by atoms with Crippen molar-refractivity contribution in [3.05, 3.63) is 0 Å². The van der Waals surface area contributed by atoms with Crippen LogP contribution in [0.5, 0.6) is 0 Å². The van der Waals surface area contributed by atoms with Crippen molar-refractivity contribution in [3.8, 4) is 0 Å². The van der Waals surface area contributed by atoms with Crippen LogP contribution >= 0.6 is 0 Å². The van der Waals surface area contributed by atoms with Crippen LogP contribution in [0.2, 0.25) is 0 Å². The summed E-state index contributed by atoms with van der Waals surface area (Å²) in [5.41, 5.74) is 5.82. The molecule has 0 unspecified atom stereocenters. The zero-order valence-corrected chi connectivity index (χ0v) is 12.4. The minimum atomic E-state index is -0.362. The first kappa shape index (κ1) is 16.4. The fourth-order valence-corrected chi connectivity index (χ4v) is 2.24. The molecule has 1 rings (SSSR count). The molecule has 3 N–H and O–H groups in total. The average molecular weight is 271 g/mol. The summed E-state index contributed by atoms with van der Waals surface area (Å²) in [5, 5.41) is 2.92. The van der Waals surface area contributed by atoms with E-state index in [1.165, 1.54) is 0 Å². The third kappa shape index (κ3) is 7.50. The van der Waals surface area contributed by atoms with Gasteiger partial charge >= 0.3 is 0 Å². The Kier molecular flexibility index (Phi) is 8.02. The summed E-state index contributed by atoms with van der Waals surface area (Å²) >= 11 is 0. The summed E-state index contributed by atoms with van der Waals surface area (Å²) in [6.45, 7) is 9.75. The van der Waals surface area contributed by atoms with Crippen molar-refractivity contribution in [2.75, 3.05) is 39.4 Å². The lowest BCUT2D eigenvalue weighted by Crippen LogP contribution is -2.42. The molecule has 0 radical (unpaired) electrons. The van der Waals surface area contributed by atoms with Crippen molar-refractivity contribution in [3.63, 3.8) is 0 Å². The molecule has 19 heavy (non-hydrogen) atoms. The minimum absolute atomic E-state index is 0.0138. The number of nitrogens with two attached hydrogens (primary N) is 1. The number of carbonyl (C=O) groups excluding carboxylic acids is 1. The highest BCUT2D eigenvalue weighted by atomic mass is 16.5. The molecule has 1 fully saturated rings. The zero-order chi connectivity index (χ0) is 14.1. The van der Waals surface area contributed by atoms with E-state index in [0.29, 0.717) is 5.92 Å². The number of hydrogen-bond acceptors (Lipinski definition) is 4. The predicted molar refractivity (Wildman–Crippen MR) is 76.9 cm³/mol. The molecule has 112 valence electrons. The number of hydrogen-bond donors (Lipinski definition) is 2. The lowest BCUT2D eigenvalue weighted by molar-refractivity contribution is -0.122. The van der Waals surface area contributed by atoms with Crippen LogP contribution in [0.4, 0.5) is 0 Å². The van der Waals surface area contributed by atoms with Crippen molar-refractivity contribution >= 4 is 5.91 Å². The number of ether oxygens (including phenoxy) is 1. The van der Waals surface area contributed by atoms with Gasteiger partial charge in [-0.15, -0.1) is 0 Å². The monoisotopic (exact) mass is 271 g/mol. The van der Waals surface area contributed by atoms with Gasteiger partial charge in [-0.2, -0.15) is 0 Å². The van der Waals surface area contributed by atoms with Gasteiger partial charge in [0.05, 0.1) is 19.3 Å². The second-order valence-electron chi connectivity index (χ2n) is 5.69. The van der Waals surface area contributed by atoms with Crippen LogP contribution in [0.15, 0.2) is 0 Å². The van der Waals surface area contributed by atoms with Gasteiger partial charge in [-0.3, -0.25) is 9.69 Å². The van der Waals surface area contributed by atoms with Gasteiger partial charge in [-0.05, 0) is 31.7 Å². The number of unbranched alkanes of at least 4 members (excludes halogenated alkanes) is 1. The molecule has 0 aromatic carbocycles. The highest BCUT2D eigenvalue weighted by Crippen LogP contribution is 2.03. The maximum absolute atomic E-state index is 11.7. The van der Waals surface area contributed by atoms with Crippen LogP contribution < -0.4 is 11.1 Å². The van der Waals surface area contributed by atoms with E-state index in [4.69, 9.17) is 10.5 Å². The van der Waals surface area contributed by atoms with Crippen LogP contribution in [0, 0.1) is 5.92 Å². The smallest absolute Gasteiger partial charge is 0.236 e. The molecule has 0 aromatic heterocycles. The second-order valence-corrected chi connectivity index (χ2v) is 5.69. The Hall–Kier alpha value is -0.650. The van der Waals surface area contributed by atoms with Gasteiger partial charge in [0.25, 0.3) is 0 Å². The van der Waals surface area contributed by atoms with E-state index in [1.807, 2.05) is 0 Å². The zero-order valence-electron chi connectivity index (χ0n) is 12.4. The number of carbonyl (C=O) groups is 1. The topological polar surface area (TPSA) is 67.6 Å². The molecule has 1 atom stereocenters. The third-order valence-corrected chi connectivity index (χ3v) is 3.37. The Labute approximate surface area is 116 Å². The molecule has 1 heterocycles. The largest absolute Gasteiger partial charge is 0.379 e. The maximum Gasteiger partial charge on any atom is 0.236 e. The van der Waals surface area contributed by atoms with Crippen molar-refractivity contribution < 1.29 is 9.53 Å². The van der Waals surface area contributed by atoms with Gasteiger partial charge in [0.2, 0.25) is 5.91 Å². The van der Waals surface area contributed by atoms with E-state index >= 15 is 0 Å². The highest BCUT2D eigenvalue weighted by Gasteiger charge is 2.14.